The van der Waals surface area contributed by atoms with Crippen molar-refractivity contribution in [3.05, 3.63) is 77.4 Å². The zero-order valence-electron chi connectivity index (χ0n) is 13.4. The van der Waals surface area contributed by atoms with E-state index in [1.807, 2.05) is 25.2 Å². The van der Waals surface area contributed by atoms with Crippen LogP contribution in [-0.2, 0) is 12.8 Å². The van der Waals surface area contributed by atoms with E-state index in [1.165, 1.54) is 17.7 Å². The van der Waals surface area contributed by atoms with E-state index in [-0.39, 0.29) is 5.82 Å². The highest BCUT2D eigenvalue weighted by Crippen LogP contribution is 2.54. The number of nitrogens with zero attached hydrogens (tertiary/aromatic N) is 3. The van der Waals surface area contributed by atoms with Gasteiger partial charge in [-0.05, 0) is 35.6 Å². The van der Waals surface area contributed by atoms with Gasteiger partial charge in [0.15, 0.2) is 5.16 Å². The van der Waals surface area contributed by atoms with Crippen LogP contribution in [-0.4, -0.2) is 14.8 Å². The lowest BCUT2D eigenvalue weighted by molar-refractivity contribution is 0.627. The second-order valence-electron chi connectivity index (χ2n) is 6.17. The Balaban J connectivity index is 1.43. The highest BCUT2D eigenvalue weighted by atomic mass is 32.2. The Labute approximate surface area is 144 Å². The number of hydrogen-bond donors (Lipinski definition) is 0. The average molecular weight is 339 g/mol. The summed E-state index contributed by atoms with van der Waals surface area (Å²) in [6.45, 7) is 0. The molecule has 0 amide bonds. The molecule has 1 saturated carbocycles. The quantitative estimate of drug-likeness (QED) is 0.641. The molecule has 0 saturated heterocycles. The van der Waals surface area contributed by atoms with Crippen molar-refractivity contribution in [2.24, 2.45) is 7.05 Å². The average Bonchev–Trinajstić information content (AvgIpc) is 3.32. The molecule has 0 N–H and O–H groups in total. The third kappa shape index (κ3) is 3.08. The van der Waals surface area contributed by atoms with Crippen LogP contribution in [0.4, 0.5) is 4.39 Å². The van der Waals surface area contributed by atoms with Crippen molar-refractivity contribution in [2.75, 3.05) is 0 Å². The highest BCUT2D eigenvalue weighted by molar-refractivity contribution is 7.98. The summed E-state index contributed by atoms with van der Waals surface area (Å²) in [7, 11) is 2.03. The van der Waals surface area contributed by atoms with E-state index in [9.17, 15) is 4.39 Å². The molecule has 122 valence electrons. The van der Waals surface area contributed by atoms with Gasteiger partial charge in [-0.2, -0.15) is 0 Å². The van der Waals surface area contributed by atoms with Gasteiger partial charge in [-0.1, -0.05) is 54.2 Å². The molecule has 4 rings (SSSR count). The molecule has 0 radical (unpaired) electrons. The third-order valence-corrected chi connectivity index (χ3v) is 5.59. The summed E-state index contributed by atoms with van der Waals surface area (Å²) in [6, 6.07) is 17.2. The van der Waals surface area contributed by atoms with E-state index >= 15 is 0 Å². The van der Waals surface area contributed by atoms with Gasteiger partial charge in [0.05, 0.1) is 0 Å². The molecule has 2 unspecified atom stereocenters. The predicted molar refractivity (Wildman–Crippen MR) is 93.5 cm³/mol. The monoisotopic (exact) mass is 339 g/mol. The number of rotatable bonds is 5. The van der Waals surface area contributed by atoms with Crippen LogP contribution in [0.25, 0.3) is 0 Å². The predicted octanol–water partition coefficient (Wildman–Crippen LogP) is 4.52. The SMILES string of the molecule is Cn1c(SCc2ccc(F)cc2)nnc1C1CC1c1ccccc1. The van der Waals surface area contributed by atoms with E-state index in [4.69, 9.17) is 0 Å². The largest absolute Gasteiger partial charge is 0.309 e. The topological polar surface area (TPSA) is 30.7 Å². The minimum absolute atomic E-state index is 0.203. The lowest BCUT2D eigenvalue weighted by atomic mass is 10.1. The van der Waals surface area contributed by atoms with Crippen LogP contribution in [0.1, 0.15) is 35.2 Å². The number of thioether (sulfide) groups is 1. The van der Waals surface area contributed by atoms with E-state index in [0.29, 0.717) is 11.8 Å². The molecular formula is C19H18FN3S. The molecule has 0 aliphatic heterocycles. The highest BCUT2D eigenvalue weighted by Gasteiger charge is 2.42. The molecule has 24 heavy (non-hydrogen) atoms. The Morgan fingerprint density at radius 3 is 2.54 bits per heavy atom. The number of benzene rings is 2. The van der Waals surface area contributed by atoms with E-state index in [0.717, 1.165) is 28.7 Å². The number of halogens is 1. The molecule has 1 fully saturated rings. The normalized spacial score (nSPS) is 19.4. The van der Waals surface area contributed by atoms with Crippen molar-refractivity contribution in [2.45, 2.75) is 29.2 Å². The molecule has 0 bridgehead atoms. The zero-order valence-corrected chi connectivity index (χ0v) is 14.2. The van der Waals surface area contributed by atoms with Crippen molar-refractivity contribution < 1.29 is 4.39 Å². The first-order valence-corrected chi connectivity index (χ1v) is 9.02. The van der Waals surface area contributed by atoms with Crippen molar-refractivity contribution in [3.63, 3.8) is 0 Å². The Morgan fingerprint density at radius 2 is 1.79 bits per heavy atom. The maximum atomic E-state index is 13.0. The second kappa shape index (κ2) is 6.40. The maximum Gasteiger partial charge on any atom is 0.191 e. The Bertz CT molecular complexity index is 830. The van der Waals surface area contributed by atoms with Crippen molar-refractivity contribution >= 4 is 11.8 Å². The first-order chi connectivity index (χ1) is 11.7. The standard InChI is InChI=1S/C19H18FN3S/c1-23-18(17-11-16(17)14-5-3-2-4-6-14)21-22-19(23)24-12-13-7-9-15(20)10-8-13/h2-10,16-17H,11-12H2,1H3. The first-order valence-electron chi connectivity index (χ1n) is 8.04. The summed E-state index contributed by atoms with van der Waals surface area (Å²) in [5, 5.41) is 9.66. The molecule has 3 aromatic rings. The fraction of sp³-hybridized carbons (Fsp3) is 0.263. The van der Waals surface area contributed by atoms with E-state index < -0.39 is 0 Å². The molecule has 2 atom stereocenters. The van der Waals surface area contributed by atoms with Crippen LogP contribution >= 0.6 is 11.8 Å². The smallest absolute Gasteiger partial charge is 0.191 e. The molecule has 1 aliphatic rings. The molecule has 3 nitrogen and oxygen atoms in total. The van der Waals surface area contributed by atoms with Crippen molar-refractivity contribution in [3.8, 4) is 0 Å². The van der Waals surface area contributed by atoms with Crippen LogP contribution in [0.15, 0.2) is 59.8 Å². The second-order valence-corrected chi connectivity index (χ2v) is 7.12. The van der Waals surface area contributed by atoms with E-state index in [1.54, 1.807) is 11.8 Å². The van der Waals surface area contributed by atoms with Gasteiger partial charge in [0.2, 0.25) is 0 Å². The van der Waals surface area contributed by atoms with Crippen LogP contribution < -0.4 is 0 Å². The number of aromatic nitrogens is 3. The van der Waals surface area contributed by atoms with Crippen LogP contribution in [0.2, 0.25) is 0 Å². The zero-order chi connectivity index (χ0) is 16.5. The maximum absolute atomic E-state index is 13.0. The third-order valence-electron chi connectivity index (χ3n) is 4.50. The van der Waals surface area contributed by atoms with Crippen molar-refractivity contribution in [1.29, 1.82) is 0 Å². The molecular weight excluding hydrogens is 321 g/mol. The lowest BCUT2D eigenvalue weighted by Gasteiger charge is -2.04. The van der Waals surface area contributed by atoms with Gasteiger partial charge in [-0.3, -0.25) is 0 Å². The summed E-state index contributed by atoms with van der Waals surface area (Å²) in [5.74, 6) is 2.64. The van der Waals surface area contributed by atoms with Gasteiger partial charge in [0, 0.05) is 18.7 Å². The Morgan fingerprint density at radius 1 is 1.04 bits per heavy atom. The summed E-state index contributed by atoms with van der Waals surface area (Å²) >= 11 is 1.64. The minimum Gasteiger partial charge on any atom is -0.309 e. The Kier molecular flexibility index (Phi) is 4.10. The molecule has 2 aromatic carbocycles. The van der Waals surface area contributed by atoms with Crippen molar-refractivity contribution in [1.82, 2.24) is 14.8 Å². The van der Waals surface area contributed by atoms with Crippen LogP contribution in [0, 0.1) is 5.82 Å². The van der Waals surface area contributed by atoms with Gasteiger partial charge < -0.3 is 4.57 Å². The summed E-state index contributed by atoms with van der Waals surface area (Å²) in [4.78, 5) is 0. The summed E-state index contributed by atoms with van der Waals surface area (Å²) < 4.78 is 15.1. The Hall–Kier alpha value is -2.14. The molecule has 1 heterocycles. The lowest BCUT2D eigenvalue weighted by Crippen LogP contribution is -1.98. The molecule has 1 aromatic heterocycles. The van der Waals surface area contributed by atoms with Crippen LogP contribution in [0.5, 0.6) is 0 Å². The number of hydrogen-bond acceptors (Lipinski definition) is 3. The molecule has 5 heteroatoms. The first kappa shape index (κ1) is 15.4. The molecule has 1 aliphatic carbocycles. The van der Waals surface area contributed by atoms with E-state index in [2.05, 4.69) is 39.0 Å². The van der Waals surface area contributed by atoms with Gasteiger partial charge in [-0.15, -0.1) is 10.2 Å². The molecule has 0 spiro atoms. The van der Waals surface area contributed by atoms with Gasteiger partial charge in [0.25, 0.3) is 0 Å². The van der Waals surface area contributed by atoms with Crippen LogP contribution in [0.3, 0.4) is 0 Å². The fourth-order valence-electron chi connectivity index (χ4n) is 3.05. The summed E-state index contributed by atoms with van der Waals surface area (Å²) in [6.07, 6.45) is 1.14. The minimum atomic E-state index is -0.203. The van der Waals surface area contributed by atoms with Gasteiger partial charge in [-0.25, -0.2) is 4.39 Å². The van der Waals surface area contributed by atoms with Gasteiger partial charge >= 0.3 is 0 Å². The summed E-state index contributed by atoms with van der Waals surface area (Å²) in [5.41, 5.74) is 2.46. The van der Waals surface area contributed by atoms with Gasteiger partial charge in [0.1, 0.15) is 11.6 Å². The fourth-order valence-corrected chi connectivity index (χ4v) is 3.93.